The molecule has 126 valence electrons. The Kier molecular flexibility index (Phi) is 4.08. The van der Waals surface area contributed by atoms with E-state index in [0.717, 1.165) is 12.0 Å². The molecule has 2 unspecified atom stereocenters. The maximum absolute atomic E-state index is 12.5. The van der Waals surface area contributed by atoms with E-state index in [4.69, 9.17) is 0 Å². The molecule has 3 rings (SSSR count). The number of carbonyl (C=O) groups is 1. The molecule has 2 atom stereocenters. The van der Waals surface area contributed by atoms with Gasteiger partial charge in [0.05, 0.1) is 16.5 Å². The number of sulfonamides is 1. The Morgan fingerprint density at radius 1 is 1.26 bits per heavy atom. The molecule has 0 radical (unpaired) electrons. The van der Waals surface area contributed by atoms with Gasteiger partial charge in [-0.1, -0.05) is 13.8 Å². The summed E-state index contributed by atoms with van der Waals surface area (Å²) in [6.45, 7) is 5.79. The van der Waals surface area contributed by atoms with E-state index in [1.165, 1.54) is 0 Å². The number of hydrogen-bond acceptors (Lipinski definition) is 4. The molecule has 1 aromatic rings. The van der Waals surface area contributed by atoms with Gasteiger partial charge in [-0.05, 0) is 50.2 Å². The van der Waals surface area contributed by atoms with E-state index >= 15 is 0 Å². The van der Waals surface area contributed by atoms with Crippen LogP contribution < -0.4 is 10.0 Å². The van der Waals surface area contributed by atoms with Crippen LogP contribution in [0, 0.1) is 5.92 Å². The van der Waals surface area contributed by atoms with Gasteiger partial charge < -0.3 is 5.32 Å². The van der Waals surface area contributed by atoms with Crippen LogP contribution in [0.3, 0.4) is 0 Å². The molecule has 0 saturated heterocycles. The Labute approximate surface area is 137 Å². The van der Waals surface area contributed by atoms with Crippen LogP contribution in [0.1, 0.15) is 55.2 Å². The molecular formula is C16H23N3O3S. The first-order chi connectivity index (χ1) is 10.8. The van der Waals surface area contributed by atoms with Crippen LogP contribution in [-0.2, 0) is 22.9 Å². The number of anilines is 1. The highest BCUT2D eigenvalue weighted by atomic mass is 32.2. The summed E-state index contributed by atoms with van der Waals surface area (Å²) in [5.74, 6) is 0.311. The fraction of sp³-hybridized carbons (Fsp3) is 0.625. The molecule has 7 heteroatoms. The summed E-state index contributed by atoms with van der Waals surface area (Å²) in [5, 5.41) is 2.51. The van der Waals surface area contributed by atoms with Gasteiger partial charge in [0.15, 0.2) is 0 Å². The molecule has 1 amide bonds. The number of fused-ring (bicyclic) bond motifs is 2. The van der Waals surface area contributed by atoms with Crippen LogP contribution in [0.4, 0.5) is 5.82 Å². The van der Waals surface area contributed by atoms with Crippen molar-refractivity contribution in [1.82, 2.24) is 10.3 Å². The van der Waals surface area contributed by atoms with Gasteiger partial charge in [-0.15, -0.1) is 0 Å². The molecule has 1 aromatic heterocycles. The number of aryl methyl sites for hydroxylation is 2. The van der Waals surface area contributed by atoms with E-state index in [1.807, 2.05) is 26.8 Å². The van der Waals surface area contributed by atoms with Crippen LogP contribution in [-0.4, -0.2) is 30.6 Å². The van der Waals surface area contributed by atoms with Crippen LogP contribution >= 0.6 is 0 Å². The quantitative estimate of drug-likeness (QED) is 0.819. The van der Waals surface area contributed by atoms with Crippen LogP contribution in [0.2, 0.25) is 0 Å². The third-order valence-electron chi connectivity index (χ3n) is 4.70. The molecular weight excluding hydrogens is 314 g/mol. The zero-order valence-corrected chi connectivity index (χ0v) is 14.5. The molecule has 6 nitrogen and oxygen atoms in total. The second-order valence-electron chi connectivity index (χ2n) is 6.87. The summed E-state index contributed by atoms with van der Waals surface area (Å²) in [4.78, 5) is 16.8. The molecule has 0 bridgehead atoms. The normalized spacial score (nSPS) is 26.3. The molecule has 0 aromatic carbocycles. The molecule has 0 fully saturated rings. The highest BCUT2D eigenvalue weighted by Crippen LogP contribution is 2.30. The SMILES string of the molecule is CC1CCc2nc3c(cc2C(=O)N1)CCC(C(C)C)S(=O)(=O)N3. The first kappa shape index (κ1) is 16.2. The monoisotopic (exact) mass is 337 g/mol. The summed E-state index contributed by atoms with van der Waals surface area (Å²) in [6, 6.07) is 1.91. The molecule has 0 aliphatic carbocycles. The van der Waals surface area contributed by atoms with Crippen LogP contribution in [0.25, 0.3) is 0 Å². The van der Waals surface area contributed by atoms with E-state index < -0.39 is 15.3 Å². The number of carbonyl (C=O) groups excluding carboxylic acids is 1. The van der Waals surface area contributed by atoms with Gasteiger partial charge in [-0.25, -0.2) is 13.4 Å². The molecule has 23 heavy (non-hydrogen) atoms. The Morgan fingerprint density at radius 2 is 2.00 bits per heavy atom. The van der Waals surface area contributed by atoms with Gasteiger partial charge in [0.1, 0.15) is 5.82 Å². The average Bonchev–Trinajstić information content (AvgIpc) is 2.66. The lowest BCUT2D eigenvalue weighted by Gasteiger charge is -2.18. The molecule has 2 N–H and O–H groups in total. The topological polar surface area (TPSA) is 88.2 Å². The van der Waals surface area contributed by atoms with Crippen molar-refractivity contribution in [3.05, 3.63) is 22.9 Å². The number of rotatable bonds is 1. The second-order valence-corrected chi connectivity index (χ2v) is 8.77. The lowest BCUT2D eigenvalue weighted by molar-refractivity contribution is 0.0942. The van der Waals surface area contributed by atoms with Crippen molar-refractivity contribution in [2.24, 2.45) is 5.92 Å². The predicted octanol–water partition coefficient (Wildman–Crippen LogP) is 1.86. The highest BCUT2D eigenvalue weighted by Gasteiger charge is 2.33. The number of hydrogen-bond donors (Lipinski definition) is 2. The smallest absolute Gasteiger partial charge is 0.253 e. The molecule has 2 aliphatic heterocycles. The number of pyridine rings is 1. The predicted molar refractivity (Wildman–Crippen MR) is 89.0 cm³/mol. The van der Waals surface area contributed by atoms with E-state index in [1.54, 1.807) is 0 Å². The number of amides is 1. The number of aromatic nitrogens is 1. The van der Waals surface area contributed by atoms with E-state index in [2.05, 4.69) is 15.0 Å². The van der Waals surface area contributed by atoms with Gasteiger partial charge in [-0.3, -0.25) is 9.52 Å². The minimum absolute atomic E-state index is 0.0313. The van der Waals surface area contributed by atoms with Crippen molar-refractivity contribution in [2.75, 3.05) is 4.72 Å². The second kappa shape index (κ2) is 5.78. The minimum Gasteiger partial charge on any atom is -0.350 e. The van der Waals surface area contributed by atoms with E-state index in [0.29, 0.717) is 36.3 Å². The third kappa shape index (κ3) is 3.06. The van der Waals surface area contributed by atoms with Gasteiger partial charge in [-0.2, -0.15) is 0 Å². The Balaban J connectivity index is 2.04. The van der Waals surface area contributed by atoms with Crippen molar-refractivity contribution in [3.8, 4) is 0 Å². The van der Waals surface area contributed by atoms with E-state index in [-0.39, 0.29) is 17.9 Å². The summed E-state index contributed by atoms with van der Waals surface area (Å²) in [6.07, 6.45) is 2.61. The van der Waals surface area contributed by atoms with Gasteiger partial charge in [0.25, 0.3) is 5.91 Å². The Morgan fingerprint density at radius 3 is 2.70 bits per heavy atom. The lowest BCUT2D eigenvalue weighted by Crippen LogP contribution is -2.31. The van der Waals surface area contributed by atoms with Crippen LogP contribution in [0.15, 0.2) is 6.07 Å². The molecule has 3 heterocycles. The Bertz CT molecular complexity index is 743. The highest BCUT2D eigenvalue weighted by molar-refractivity contribution is 7.93. The third-order valence-corrected chi connectivity index (χ3v) is 6.75. The first-order valence-corrected chi connectivity index (χ1v) is 9.68. The largest absolute Gasteiger partial charge is 0.350 e. The van der Waals surface area contributed by atoms with Crippen molar-refractivity contribution in [3.63, 3.8) is 0 Å². The van der Waals surface area contributed by atoms with Gasteiger partial charge >= 0.3 is 0 Å². The van der Waals surface area contributed by atoms with Crippen molar-refractivity contribution in [2.45, 2.75) is 57.7 Å². The molecule has 0 spiro atoms. The maximum atomic E-state index is 12.5. The fourth-order valence-electron chi connectivity index (χ4n) is 3.34. The summed E-state index contributed by atoms with van der Waals surface area (Å²) < 4.78 is 27.7. The van der Waals surface area contributed by atoms with Crippen molar-refractivity contribution < 1.29 is 13.2 Å². The molecule has 2 aliphatic rings. The summed E-state index contributed by atoms with van der Waals surface area (Å²) >= 11 is 0. The number of nitrogens with one attached hydrogen (secondary N) is 2. The molecule has 0 saturated carbocycles. The first-order valence-electron chi connectivity index (χ1n) is 8.13. The fourth-order valence-corrected chi connectivity index (χ4v) is 5.08. The minimum atomic E-state index is -3.45. The Hall–Kier alpha value is -1.63. The number of nitrogens with zero attached hydrogens (tertiary/aromatic N) is 1. The summed E-state index contributed by atoms with van der Waals surface area (Å²) in [5.41, 5.74) is 2.06. The summed E-state index contributed by atoms with van der Waals surface area (Å²) in [7, 11) is -3.45. The van der Waals surface area contributed by atoms with Crippen molar-refractivity contribution >= 4 is 21.7 Å². The zero-order chi connectivity index (χ0) is 16.8. The maximum Gasteiger partial charge on any atom is 0.253 e. The van der Waals surface area contributed by atoms with Gasteiger partial charge in [0, 0.05) is 6.04 Å². The van der Waals surface area contributed by atoms with Crippen LogP contribution in [0.5, 0.6) is 0 Å². The zero-order valence-electron chi connectivity index (χ0n) is 13.7. The lowest BCUT2D eigenvalue weighted by atomic mass is 10.00. The van der Waals surface area contributed by atoms with Gasteiger partial charge in [0.2, 0.25) is 10.0 Å². The van der Waals surface area contributed by atoms with E-state index in [9.17, 15) is 13.2 Å². The standard InChI is InChI=1S/C16H23N3O3S/c1-9(2)14-7-5-11-8-12-13(6-4-10(3)17-16(12)20)18-15(11)19-23(14,21)22/h8-10,14H,4-7H2,1-3H3,(H,17,20)(H,18,19). The van der Waals surface area contributed by atoms with Crippen molar-refractivity contribution in [1.29, 1.82) is 0 Å². The average molecular weight is 337 g/mol.